The van der Waals surface area contributed by atoms with Crippen LogP contribution in [0.3, 0.4) is 0 Å². The number of carbonyl (C=O) groups excluding carboxylic acids is 3. The molecule has 2 aromatic rings. The van der Waals surface area contributed by atoms with Crippen LogP contribution in [0.5, 0.6) is 0 Å². The van der Waals surface area contributed by atoms with E-state index in [9.17, 15) is 14.4 Å². The van der Waals surface area contributed by atoms with Crippen LogP contribution in [0.15, 0.2) is 54.9 Å². The number of amides is 2. The third-order valence-corrected chi connectivity index (χ3v) is 4.73. The fourth-order valence-electron chi connectivity index (χ4n) is 3.27. The molecular formula is C21H23N3O3. The molecule has 2 heterocycles. The van der Waals surface area contributed by atoms with Crippen LogP contribution in [0.4, 0.5) is 0 Å². The summed E-state index contributed by atoms with van der Waals surface area (Å²) in [5, 5.41) is 2.69. The number of likely N-dealkylation sites (tertiary alicyclic amines) is 1. The van der Waals surface area contributed by atoms with Gasteiger partial charge in [-0.2, -0.15) is 0 Å². The van der Waals surface area contributed by atoms with Gasteiger partial charge in [0.05, 0.1) is 0 Å². The number of ketones is 1. The lowest BCUT2D eigenvalue weighted by Gasteiger charge is -2.23. The molecule has 0 radical (unpaired) electrons. The number of aryl methyl sites for hydroxylation is 1. The van der Waals surface area contributed by atoms with Crippen LogP contribution in [-0.4, -0.2) is 40.1 Å². The highest BCUT2D eigenvalue weighted by molar-refractivity contribution is 6.38. The molecule has 6 nitrogen and oxygen atoms in total. The van der Waals surface area contributed by atoms with Crippen LogP contribution in [0, 0.1) is 0 Å². The Balaban J connectivity index is 1.50. The number of benzene rings is 1. The first kappa shape index (κ1) is 18.8. The molecule has 140 valence electrons. The Kier molecular flexibility index (Phi) is 6.30. The number of hydrogen-bond donors (Lipinski definition) is 1. The number of nitrogens with zero attached hydrogens (tertiary/aromatic N) is 2. The van der Waals surface area contributed by atoms with Crippen LogP contribution in [-0.2, 0) is 27.3 Å². The van der Waals surface area contributed by atoms with Crippen molar-refractivity contribution in [2.45, 2.75) is 38.3 Å². The highest BCUT2D eigenvalue weighted by Crippen LogP contribution is 2.22. The van der Waals surface area contributed by atoms with Crippen molar-refractivity contribution in [2.24, 2.45) is 0 Å². The maximum Gasteiger partial charge on any atom is 0.289 e. The lowest BCUT2D eigenvalue weighted by atomic mass is 10.1. The molecule has 1 atom stereocenters. The summed E-state index contributed by atoms with van der Waals surface area (Å²) in [5.74, 6) is -1.22. The average Bonchev–Trinajstić information content (AvgIpc) is 3.06. The Morgan fingerprint density at radius 1 is 1.07 bits per heavy atom. The van der Waals surface area contributed by atoms with Crippen LogP contribution in [0.2, 0.25) is 0 Å². The van der Waals surface area contributed by atoms with E-state index in [1.54, 1.807) is 12.4 Å². The van der Waals surface area contributed by atoms with Gasteiger partial charge in [-0.1, -0.05) is 30.3 Å². The number of carbonyl (C=O) groups is 3. The molecule has 1 saturated heterocycles. The molecule has 27 heavy (non-hydrogen) atoms. The van der Waals surface area contributed by atoms with Gasteiger partial charge in [0, 0.05) is 31.9 Å². The van der Waals surface area contributed by atoms with Gasteiger partial charge in [0.15, 0.2) is 0 Å². The molecule has 1 aliphatic heterocycles. The molecule has 3 rings (SSSR count). The monoisotopic (exact) mass is 365 g/mol. The minimum atomic E-state index is -0.669. The minimum absolute atomic E-state index is 0.0808. The van der Waals surface area contributed by atoms with E-state index in [0.717, 1.165) is 24.0 Å². The number of rotatable bonds is 8. The summed E-state index contributed by atoms with van der Waals surface area (Å²) in [5.41, 5.74) is 2.09. The zero-order chi connectivity index (χ0) is 19.1. The van der Waals surface area contributed by atoms with Crippen LogP contribution >= 0.6 is 0 Å². The van der Waals surface area contributed by atoms with E-state index in [1.165, 1.54) is 4.90 Å². The van der Waals surface area contributed by atoms with Gasteiger partial charge in [0.1, 0.15) is 6.04 Å². The number of Topliss-reactive ketones (excluding diaryl/α,β-unsaturated/α-hetero) is 1. The molecular weight excluding hydrogens is 342 g/mol. The summed E-state index contributed by atoms with van der Waals surface area (Å²) >= 11 is 0. The van der Waals surface area contributed by atoms with Gasteiger partial charge < -0.3 is 10.2 Å². The summed E-state index contributed by atoms with van der Waals surface area (Å²) in [6.07, 6.45) is 5.71. The maximum atomic E-state index is 12.5. The van der Waals surface area contributed by atoms with Crippen LogP contribution in [0.1, 0.15) is 30.4 Å². The van der Waals surface area contributed by atoms with Crippen LogP contribution in [0.25, 0.3) is 0 Å². The van der Waals surface area contributed by atoms with Crippen molar-refractivity contribution in [2.75, 3.05) is 6.54 Å². The molecule has 6 heteroatoms. The van der Waals surface area contributed by atoms with Crippen molar-refractivity contribution in [3.05, 3.63) is 66.0 Å². The molecule has 1 N–H and O–H groups in total. The van der Waals surface area contributed by atoms with Gasteiger partial charge in [0.25, 0.3) is 5.91 Å². The zero-order valence-corrected chi connectivity index (χ0v) is 15.1. The van der Waals surface area contributed by atoms with Crippen LogP contribution < -0.4 is 5.32 Å². The molecule has 1 aliphatic rings. The third kappa shape index (κ3) is 5.00. The summed E-state index contributed by atoms with van der Waals surface area (Å²) in [6, 6.07) is 12.7. The van der Waals surface area contributed by atoms with E-state index >= 15 is 0 Å². The molecule has 1 fully saturated rings. The Hall–Kier alpha value is -3.02. The van der Waals surface area contributed by atoms with E-state index in [-0.39, 0.29) is 5.91 Å². The highest BCUT2D eigenvalue weighted by atomic mass is 16.2. The average molecular weight is 365 g/mol. The smallest absolute Gasteiger partial charge is 0.289 e. The number of aromatic nitrogens is 1. The molecule has 0 spiro atoms. The Labute approximate surface area is 158 Å². The van der Waals surface area contributed by atoms with Gasteiger partial charge in [-0.15, -0.1) is 0 Å². The minimum Gasteiger partial charge on any atom is -0.349 e. The highest BCUT2D eigenvalue weighted by Gasteiger charge is 2.38. The second-order valence-corrected chi connectivity index (χ2v) is 6.64. The first-order valence-electron chi connectivity index (χ1n) is 9.19. The second-order valence-electron chi connectivity index (χ2n) is 6.64. The van der Waals surface area contributed by atoms with E-state index < -0.39 is 17.7 Å². The number of nitrogens with one attached hydrogen (secondary N) is 1. The first-order valence-corrected chi connectivity index (χ1v) is 9.19. The Bertz CT molecular complexity index is 793. The van der Waals surface area contributed by atoms with Crippen molar-refractivity contribution < 1.29 is 14.4 Å². The molecule has 0 aliphatic carbocycles. The SMILES string of the molecule is O=C(NCCCc1ccncc1)C(=O)C1CCC(=O)N1Cc1ccccc1. The lowest BCUT2D eigenvalue weighted by Crippen LogP contribution is -2.45. The van der Waals surface area contributed by atoms with Crippen molar-refractivity contribution in [1.29, 1.82) is 0 Å². The summed E-state index contributed by atoms with van der Waals surface area (Å²) in [6.45, 7) is 0.775. The van der Waals surface area contributed by atoms with Gasteiger partial charge in [-0.25, -0.2) is 0 Å². The van der Waals surface area contributed by atoms with Crippen molar-refractivity contribution in [3.63, 3.8) is 0 Å². The second kappa shape index (κ2) is 9.07. The van der Waals surface area contributed by atoms with E-state index in [1.807, 2.05) is 42.5 Å². The molecule has 2 amide bonds. The summed E-state index contributed by atoms with van der Waals surface area (Å²) in [7, 11) is 0. The molecule has 0 bridgehead atoms. The van der Waals surface area contributed by atoms with E-state index in [0.29, 0.717) is 25.9 Å². The maximum absolute atomic E-state index is 12.5. The van der Waals surface area contributed by atoms with Crippen molar-refractivity contribution in [1.82, 2.24) is 15.2 Å². The predicted molar refractivity (Wildman–Crippen MR) is 101 cm³/mol. The normalized spacial score (nSPS) is 16.4. The fourth-order valence-corrected chi connectivity index (χ4v) is 3.27. The fraction of sp³-hybridized carbons (Fsp3) is 0.333. The molecule has 0 saturated carbocycles. The standard InChI is InChI=1S/C21H23N3O3/c25-19-9-8-18(24(19)15-17-5-2-1-3-6-17)20(26)21(27)23-12-4-7-16-10-13-22-14-11-16/h1-3,5-6,10-11,13-14,18H,4,7-9,12,15H2,(H,23,27). The van der Waals surface area contributed by atoms with Crippen molar-refractivity contribution >= 4 is 17.6 Å². The summed E-state index contributed by atoms with van der Waals surface area (Å²) in [4.78, 5) is 42.4. The van der Waals surface area contributed by atoms with E-state index in [4.69, 9.17) is 0 Å². The first-order chi connectivity index (χ1) is 13.1. The third-order valence-electron chi connectivity index (χ3n) is 4.73. The molecule has 1 unspecified atom stereocenters. The van der Waals surface area contributed by atoms with Gasteiger partial charge in [-0.3, -0.25) is 19.4 Å². The largest absolute Gasteiger partial charge is 0.349 e. The number of hydrogen-bond acceptors (Lipinski definition) is 4. The molecule has 1 aromatic carbocycles. The topological polar surface area (TPSA) is 79.4 Å². The molecule has 1 aromatic heterocycles. The quantitative estimate of drug-likeness (QED) is 0.572. The predicted octanol–water partition coefficient (Wildman–Crippen LogP) is 1.89. The summed E-state index contributed by atoms with van der Waals surface area (Å²) < 4.78 is 0. The lowest BCUT2D eigenvalue weighted by molar-refractivity contribution is -0.143. The van der Waals surface area contributed by atoms with Gasteiger partial charge >= 0.3 is 0 Å². The van der Waals surface area contributed by atoms with E-state index in [2.05, 4.69) is 10.3 Å². The van der Waals surface area contributed by atoms with Crippen molar-refractivity contribution in [3.8, 4) is 0 Å². The number of pyridine rings is 1. The van der Waals surface area contributed by atoms with Gasteiger partial charge in [0.2, 0.25) is 11.7 Å². The zero-order valence-electron chi connectivity index (χ0n) is 15.1. The Morgan fingerprint density at radius 3 is 2.56 bits per heavy atom. The Morgan fingerprint density at radius 2 is 1.81 bits per heavy atom. The van der Waals surface area contributed by atoms with Gasteiger partial charge in [-0.05, 0) is 42.5 Å².